The van der Waals surface area contributed by atoms with Crippen LogP contribution < -0.4 is 0 Å². The molecule has 0 bridgehead atoms. The van der Waals surface area contributed by atoms with Gasteiger partial charge in [0.1, 0.15) is 0 Å². The molecule has 3 rings (SSSR count). The van der Waals surface area contributed by atoms with Gasteiger partial charge in [-0.25, -0.2) is 12.7 Å². The normalized spacial score (nSPS) is 29.9. The molecule has 8 heteroatoms. The van der Waals surface area contributed by atoms with Crippen LogP contribution in [0.2, 0.25) is 0 Å². The Hall–Kier alpha value is -0.990. The van der Waals surface area contributed by atoms with Crippen molar-refractivity contribution in [3.8, 4) is 0 Å². The van der Waals surface area contributed by atoms with Gasteiger partial charge in [-0.05, 0) is 18.8 Å². The number of aryl methyl sites for hydroxylation is 1. The molecule has 2 fully saturated rings. The maximum absolute atomic E-state index is 12.5. The third kappa shape index (κ3) is 3.04. The number of sulfonamides is 1. The Kier molecular flexibility index (Phi) is 4.26. The van der Waals surface area contributed by atoms with Crippen LogP contribution in [0.3, 0.4) is 0 Å². The van der Waals surface area contributed by atoms with Gasteiger partial charge in [-0.2, -0.15) is 4.98 Å². The van der Waals surface area contributed by atoms with E-state index >= 15 is 0 Å². The lowest BCUT2D eigenvalue weighted by atomic mass is 9.83. The van der Waals surface area contributed by atoms with E-state index in [-0.39, 0.29) is 29.4 Å². The highest BCUT2D eigenvalue weighted by Crippen LogP contribution is 2.40. The molecule has 0 aliphatic carbocycles. The van der Waals surface area contributed by atoms with E-state index in [1.165, 1.54) is 0 Å². The lowest BCUT2D eigenvalue weighted by molar-refractivity contribution is 0.00994. The van der Waals surface area contributed by atoms with Crippen LogP contribution in [0.4, 0.5) is 0 Å². The topological polar surface area (TPSA) is 85.5 Å². The van der Waals surface area contributed by atoms with E-state index in [9.17, 15) is 8.42 Å². The quantitative estimate of drug-likeness (QED) is 0.820. The van der Waals surface area contributed by atoms with Crippen molar-refractivity contribution in [1.29, 1.82) is 0 Å². The van der Waals surface area contributed by atoms with Crippen LogP contribution in [0, 0.1) is 24.7 Å². The Morgan fingerprint density at radius 3 is 2.73 bits per heavy atom. The van der Waals surface area contributed by atoms with Crippen LogP contribution >= 0.6 is 0 Å². The number of ether oxygens (including phenoxy) is 1. The van der Waals surface area contributed by atoms with E-state index in [0.29, 0.717) is 38.0 Å². The number of hydrogen-bond acceptors (Lipinski definition) is 6. The second kappa shape index (κ2) is 5.90. The van der Waals surface area contributed by atoms with Gasteiger partial charge in [0.15, 0.2) is 5.82 Å². The van der Waals surface area contributed by atoms with Gasteiger partial charge >= 0.3 is 0 Å². The molecule has 22 heavy (non-hydrogen) atoms. The Bertz CT molecular complexity index is 628. The standard InChI is InChI=1S/C14H23N3O4S/c1-9(2)8-22(18,19)17-4-11-6-20-7-13(12(11)5-17)14-15-10(3)16-21-14/h9,11-13H,4-8H2,1-3H3/t11-,12-,13+/m0/s1. The Balaban J connectivity index is 1.78. The van der Waals surface area contributed by atoms with Crippen molar-refractivity contribution in [3.63, 3.8) is 0 Å². The zero-order valence-electron chi connectivity index (χ0n) is 13.2. The van der Waals surface area contributed by atoms with Crippen molar-refractivity contribution in [2.75, 3.05) is 32.1 Å². The average Bonchev–Trinajstić information content (AvgIpc) is 3.02. The number of nitrogens with zero attached hydrogens (tertiary/aromatic N) is 3. The summed E-state index contributed by atoms with van der Waals surface area (Å²) < 4.78 is 37.5. The van der Waals surface area contributed by atoms with E-state index in [2.05, 4.69) is 10.1 Å². The summed E-state index contributed by atoms with van der Waals surface area (Å²) in [6.07, 6.45) is 0. The monoisotopic (exact) mass is 329 g/mol. The first kappa shape index (κ1) is 15.9. The van der Waals surface area contributed by atoms with E-state index in [1.54, 1.807) is 11.2 Å². The lowest BCUT2D eigenvalue weighted by Crippen LogP contribution is -2.34. The first-order valence-electron chi connectivity index (χ1n) is 7.72. The van der Waals surface area contributed by atoms with E-state index in [0.717, 1.165) is 0 Å². The smallest absolute Gasteiger partial charge is 0.232 e. The van der Waals surface area contributed by atoms with Crippen LogP contribution in [0.1, 0.15) is 31.5 Å². The molecule has 0 spiro atoms. The van der Waals surface area contributed by atoms with Gasteiger partial charge in [0.25, 0.3) is 0 Å². The predicted octanol–water partition coefficient (Wildman–Crippen LogP) is 1.03. The second-order valence-electron chi connectivity index (χ2n) is 6.74. The third-order valence-corrected chi connectivity index (χ3v) is 6.57. The minimum Gasteiger partial charge on any atom is -0.380 e. The highest BCUT2D eigenvalue weighted by atomic mass is 32.2. The average molecular weight is 329 g/mol. The second-order valence-corrected chi connectivity index (χ2v) is 8.75. The molecule has 0 aromatic carbocycles. The lowest BCUT2D eigenvalue weighted by Gasteiger charge is -2.30. The summed E-state index contributed by atoms with van der Waals surface area (Å²) in [6.45, 7) is 7.80. The van der Waals surface area contributed by atoms with Crippen LogP contribution in [0.25, 0.3) is 0 Å². The minimum atomic E-state index is -3.21. The molecular formula is C14H23N3O4S. The van der Waals surface area contributed by atoms with Gasteiger partial charge in [-0.1, -0.05) is 19.0 Å². The van der Waals surface area contributed by atoms with Crippen LogP contribution in [0.15, 0.2) is 4.52 Å². The number of hydrogen-bond donors (Lipinski definition) is 0. The molecule has 0 unspecified atom stereocenters. The predicted molar refractivity (Wildman–Crippen MR) is 79.8 cm³/mol. The first-order chi connectivity index (χ1) is 10.4. The molecule has 2 aliphatic heterocycles. The summed E-state index contributed by atoms with van der Waals surface area (Å²) in [6, 6.07) is 0. The fourth-order valence-corrected chi connectivity index (χ4v) is 5.30. The van der Waals surface area contributed by atoms with Crippen LogP contribution in [-0.2, 0) is 14.8 Å². The van der Waals surface area contributed by atoms with Gasteiger partial charge < -0.3 is 9.26 Å². The zero-order valence-corrected chi connectivity index (χ0v) is 14.0. The molecule has 2 aliphatic rings. The third-order valence-electron chi connectivity index (χ3n) is 4.40. The number of rotatable bonds is 4. The molecule has 0 radical (unpaired) electrons. The molecule has 0 saturated carbocycles. The van der Waals surface area contributed by atoms with E-state index in [1.807, 2.05) is 13.8 Å². The van der Waals surface area contributed by atoms with Crippen molar-refractivity contribution < 1.29 is 17.7 Å². The molecule has 2 saturated heterocycles. The van der Waals surface area contributed by atoms with Crippen molar-refractivity contribution in [2.24, 2.45) is 17.8 Å². The summed E-state index contributed by atoms with van der Waals surface area (Å²) in [5.74, 6) is 1.85. The van der Waals surface area contributed by atoms with Crippen LogP contribution in [-0.4, -0.2) is 54.9 Å². The summed E-state index contributed by atoms with van der Waals surface area (Å²) in [5.41, 5.74) is 0. The minimum absolute atomic E-state index is 0.0146. The maximum atomic E-state index is 12.5. The SMILES string of the molecule is Cc1noc([C@@H]2COC[C@@H]3CN(S(=O)(=O)CC(C)C)C[C@@H]32)n1. The fraction of sp³-hybridized carbons (Fsp3) is 0.857. The summed E-state index contributed by atoms with van der Waals surface area (Å²) in [7, 11) is -3.21. The summed E-state index contributed by atoms with van der Waals surface area (Å²) in [5, 5.41) is 3.84. The van der Waals surface area contributed by atoms with Gasteiger partial charge in [-0.3, -0.25) is 0 Å². The molecule has 7 nitrogen and oxygen atoms in total. The van der Waals surface area contributed by atoms with Crippen molar-refractivity contribution in [2.45, 2.75) is 26.7 Å². The molecule has 1 aromatic heterocycles. The summed E-state index contributed by atoms with van der Waals surface area (Å²) in [4.78, 5) is 4.30. The highest BCUT2D eigenvalue weighted by molar-refractivity contribution is 7.89. The van der Waals surface area contributed by atoms with Crippen molar-refractivity contribution in [1.82, 2.24) is 14.4 Å². The first-order valence-corrected chi connectivity index (χ1v) is 9.33. The van der Waals surface area contributed by atoms with Gasteiger partial charge in [0, 0.05) is 19.0 Å². The largest absolute Gasteiger partial charge is 0.380 e. The Labute approximate surface area is 131 Å². The number of aromatic nitrogens is 2. The molecule has 3 heterocycles. The molecule has 1 aromatic rings. The van der Waals surface area contributed by atoms with Gasteiger partial charge in [0.2, 0.25) is 15.9 Å². The van der Waals surface area contributed by atoms with E-state index < -0.39 is 10.0 Å². The highest BCUT2D eigenvalue weighted by Gasteiger charge is 2.46. The van der Waals surface area contributed by atoms with Gasteiger partial charge in [-0.15, -0.1) is 0 Å². The van der Waals surface area contributed by atoms with E-state index in [4.69, 9.17) is 9.26 Å². The summed E-state index contributed by atoms with van der Waals surface area (Å²) >= 11 is 0. The number of fused-ring (bicyclic) bond motifs is 1. The zero-order chi connectivity index (χ0) is 15.9. The molecule has 3 atom stereocenters. The Morgan fingerprint density at radius 2 is 2.09 bits per heavy atom. The fourth-order valence-electron chi connectivity index (χ4n) is 3.43. The van der Waals surface area contributed by atoms with Crippen molar-refractivity contribution >= 4 is 10.0 Å². The maximum Gasteiger partial charge on any atom is 0.232 e. The molecule has 0 N–H and O–H groups in total. The molecular weight excluding hydrogens is 306 g/mol. The Morgan fingerprint density at radius 1 is 1.32 bits per heavy atom. The van der Waals surface area contributed by atoms with Crippen molar-refractivity contribution in [3.05, 3.63) is 11.7 Å². The molecule has 0 amide bonds. The van der Waals surface area contributed by atoms with Gasteiger partial charge in [0.05, 0.1) is 24.9 Å². The molecule has 124 valence electrons. The van der Waals surface area contributed by atoms with Crippen LogP contribution in [0.5, 0.6) is 0 Å².